The second kappa shape index (κ2) is 32.6. The lowest BCUT2D eigenvalue weighted by atomic mass is 9.93. The molecule has 2 saturated heterocycles. The maximum atomic E-state index is 15.1. The van der Waals surface area contributed by atoms with Gasteiger partial charge >= 0.3 is 0 Å². The Bertz CT molecular complexity index is 2310. The second-order valence-electron chi connectivity index (χ2n) is 26.1. The van der Waals surface area contributed by atoms with E-state index in [1.165, 1.54) is 87.7 Å². The standard InChI is InChI=1S/C60H107N11O13/c1-24-40-56(79)65(17)30-45(72)66(18)41(25-31(2)3)53(76)64-47(35(10)11)59(82)67(19)42(26-32(4)5)52(75)61-38(15)51(74)62-39(16)55(78)68(20)43(27-33(6)7)57(80)69(21)44(28-34(8)9)58(81)70(22)48(36(12)13)60(83)71(23)49(54(77)63-40)50-37(14)29-46(73)84-50/h31-44,46-50,73H,24-30H2,1-23H3,(H,61,75)(H,62,74)(H,63,77)(H,64,76)/t37-,38+,39-,40+,41+,42+,43+,44+,46?,47+,48+,49?,50-/m1/s1. The third-order valence-corrected chi connectivity index (χ3v) is 16.2. The number of nitrogens with zero attached hydrogens (tertiary/aromatic N) is 7. The Labute approximate surface area is 500 Å². The fourth-order valence-electron chi connectivity index (χ4n) is 11.1. The molecule has 2 heterocycles. The summed E-state index contributed by atoms with van der Waals surface area (Å²) in [4.78, 5) is 169. The molecular formula is C60H107N11O13. The van der Waals surface area contributed by atoms with Gasteiger partial charge < -0.3 is 65.4 Å². The lowest BCUT2D eigenvalue weighted by Gasteiger charge is -2.41. The summed E-state index contributed by atoms with van der Waals surface area (Å²) >= 11 is 0. The maximum Gasteiger partial charge on any atom is 0.246 e. The zero-order valence-corrected chi connectivity index (χ0v) is 54.9. The first kappa shape index (κ1) is 74.2. The smallest absolute Gasteiger partial charge is 0.246 e. The first-order chi connectivity index (χ1) is 38.7. The molecule has 0 spiro atoms. The van der Waals surface area contributed by atoms with Crippen molar-refractivity contribution in [3.05, 3.63) is 0 Å². The van der Waals surface area contributed by atoms with Crippen LogP contribution in [0.4, 0.5) is 0 Å². The number of hydrogen-bond acceptors (Lipinski definition) is 13. The summed E-state index contributed by atoms with van der Waals surface area (Å²) in [5.41, 5.74) is 0. The van der Waals surface area contributed by atoms with Gasteiger partial charge in [-0.05, 0) is 87.4 Å². The first-order valence-electron chi connectivity index (χ1n) is 30.1. The van der Waals surface area contributed by atoms with E-state index in [-0.39, 0.29) is 62.2 Å². The number of aliphatic hydroxyl groups is 1. The number of likely N-dealkylation sites (N-methyl/N-ethyl adjacent to an activating group) is 7. The molecule has 2 aliphatic rings. The van der Waals surface area contributed by atoms with Crippen molar-refractivity contribution in [1.82, 2.24) is 55.6 Å². The van der Waals surface area contributed by atoms with Crippen molar-refractivity contribution in [2.75, 3.05) is 55.9 Å². The predicted molar refractivity (Wildman–Crippen MR) is 319 cm³/mol. The summed E-state index contributed by atoms with van der Waals surface area (Å²) in [7, 11) is 9.97. The fraction of sp³-hybridized carbons (Fsp3) is 0.817. The van der Waals surface area contributed by atoms with Gasteiger partial charge in [0.25, 0.3) is 0 Å². The van der Waals surface area contributed by atoms with E-state index in [2.05, 4.69) is 21.3 Å². The molecule has 2 fully saturated rings. The number of nitrogens with one attached hydrogen (secondary N) is 4. The minimum Gasteiger partial charge on any atom is -0.368 e. The highest BCUT2D eigenvalue weighted by Gasteiger charge is 2.48. The van der Waals surface area contributed by atoms with E-state index >= 15 is 9.59 Å². The maximum absolute atomic E-state index is 15.1. The summed E-state index contributed by atoms with van der Waals surface area (Å²) < 4.78 is 5.92. The van der Waals surface area contributed by atoms with Crippen molar-refractivity contribution >= 4 is 65.0 Å². The number of amides is 11. The number of carbonyl (C=O) groups excluding carboxylic acids is 11. The lowest BCUT2D eigenvalue weighted by molar-refractivity contribution is -0.161. The molecule has 24 heteroatoms. The minimum atomic E-state index is -1.46. The molecule has 0 radical (unpaired) electrons. The fourth-order valence-corrected chi connectivity index (χ4v) is 11.1. The van der Waals surface area contributed by atoms with Gasteiger partial charge in [0, 0.05) is 55.8 Å². The van der Waals surface area contributed by atoms with E-state index < -0.39 is 162 Å². The molecule has 2 aliphatic heterocycles. The summed E-state index contributed by atoms with van der Waals surface area (Å²) in [6.07, 6.45) is -1.58. The van der Waals surface area contributed by atoms with Crippen LogP contribution in [0.25, 0.3) is 0 Å². The molecule has 0 aromatic heterocycles. The van der Waals surface area contributed by atoms with E-state index in [4.69, 9.17) is 4.74 Å². The molecule has 0 bridgehead atoms. The molecular weight excluding hydrogens is 1080 g/mol. The highest BCUT2D eigenvalue weighted by Crippen LogP contribution is 2.31. The highest BCUT2D eigenvalue weighted by molar-refractivity contribution is 5.99. The van der Waals surface area contributed by atoms with Gasteiger partial charge in [-0.1, -0.05) is 96.9 Å². The molecule has 480 valence electrons. The minimum absolute atomic E-state index is 0.0362. The van der Waals surface area contributed by atoms with Crippen LogP contribution in [-0.2, 0) is 57.5 Å². The molecule has 2 unspecified atom stereocenters. The molecule has 0 saturated carbocycles. The normalized spacial score (nSPS) is 29.8. The molecule has 2 rings (SSSR count). The number of hydrogen-bond donors (Lipinski definition) is 5. The van der Waals surface area contributed by atoms with Crippen molar-refractivity contribution in [2.24, 2.45) is 41.4 Å². The average Bonchev–Trinajstić information content (AvgIpc) is 3.89. The Morgan fingerprint density at radius 3 is 1.33 bits per heavy atom. The van der Waals surface area contributed by atoms with Gasteiger partial charge in [0.1, 0.15) is 60.4 Å². The van der Waals surface area contributed by atoms with E-state index in [0.29, 0.717) is 0 Å². The van der Waals surface area contributed by atoms with Crippen molar-refractivity contribution in [3.63, 3.8) is 0 Å². The van der Waals surface area contributed by atoms with Gasteiger partial charge in [-0.2, -0.15) is 0 Å². The van der Waals surface area contributed by atoms with Crippen molar-refractivity contribution < 1.29 is 62.6 Å². The molecule has 84 heavy (non-hydrogen) atoms. The Balaban J connectivity index is 2.94. The predicted octanol–water partition coefficient (Wildman–Crippen LogP) is 2.05. The van der Waals surface area contributed by atoms with Gasteiger partial charge in [-0.15, -0.1) is 0 Å². The molecule has 11 amide bonds. The summed E-state index contributed by atoms with van der Waals surface area (Å²) in [5.74, 6) is -9.42. The zero-order valence-electron chi connectivity index (χ0n) is 54.9. The molecule has 0 aromatic rings. The Kier molecular flexibility index (Phi) is 28.8. The average molecular weight is 1190 g/mol. The van der Waals surface area contributed by atoms with Crippen LogP contribution < -0.4 is 21.3 Å². The van der Waals surface area contributed by atoms with Gasteiger partial charge in [0.05, 0.1) is 12.6 Å². The van der Waals surface area contributed by atoms with E-state index in [9.17, 15) is 48.3 Å². The van der Waals surface area contributed by atoms with E-state index in [1.54, 1.807) is 41.5 Å². The van der Waals surface area contributed by atoms with Crippen LogP contribution in [0.3, 0.4) is 0 Å². The summed E-state index contributed by atoms with van der Waals surface area (Å²) in [6.45, 7) is 27.6. The lowest BCUT2D eigenvalue weighted by Crippen LogP contribution is -2.63. The van der Waals surface area contributed by atoms with Crippen LogP contribution in [0.2, 0.25) is 0 Å². The number of ether oxygens (including phenoxy) is 1. The van der Waals surface area contributed by atoms with Crippen molar-refractivity contribution in [2.45, 2.75) is 222 Å². The van der Waals surface area contributed by atoms with Crippen molar-refractivity contribution in [1.29, 1.82) is 0 Å². The van der Waals surface area contributed by atoms with Crippen LogP contribution in [0.1, 0.15) is 149 Å². The number of rotatable bonds is 12. The second-order valence-corrected chi connectivity index (χ2v) is 26.1. The molecule has 5 N–H and O–H groups in total. The number of carbonyl (C=O) groups is 11. The Hall–Kier alpha value is -5.91. The molecule has 0 aromatic carbocycles. The topological polar surface area (TPSA) is 288 Å². The Morgan fingerprint density at radius 2 is 0.893 bits per heavy atom. The summed E-state index contributed by atoms with van der Waals surface area (Å²) in [6, 6.07) is -12.1. The van der Waals surface area contributed by atoms with Crippen LogP contribution in [0.5, 0.6) is 0 Å². The summed E-state index contributed by atoms with van der Waals surface area (Å²) in [5, 5.41) is 21.7. The van der Waals surface area contributed by atoms with E-state index in [0.717, 1.165) is 9.80 Å². The largest absolute Gasteiger partial charge is 0.368 e. The molecule has 0 aliphatic carbocycles. The van der Waals surface area contributed by atoms with Gasteiger partial charge in [-0.25, -0.2) is 0 Å². The first-order valence-corrected chi connectivity index (χ1v) is 30.1. The highest BCUT2D eigenvalue weighted by atomic mass is 16.6. The molecule has 13 atom stereocenters. The van der Waals surface area contributed by atoms with Crippen LogP contribution in [0, 0.1) is 41.4 Å². The monoisotopic (exact) mass is 1190 g/mol. The van der Waals surface area contributed by atoms with Crippen molar-refractivity contribution in [3.8, 4) is 0 Å². The van der Waals surface area contributed by atoms with Crippen LogP contribution in [-0.4, -0.2) is 233 Å². The molecule has 24 nitrogen and oxygen atoms in total. The van der Waals surface area contributed by atoms with E-state index in [1.807, 2.05) is 55.4 Å². The van der Waals surface area contributed by atoms with Gasteiger partial charge in [0.15, 0.2) is 6.29 Å². The Morgan fingerprint density at radius 1 is 0.464 bits per heavy atom. The number of aliphatic hydroxyl groups excluding tert-OH is 1. The SMILES string of the molecule is CC[C@@H]1NC(=O)C([C@@H]2OC(O)C[C@H]2C)N(C)C(=O)[C@H](C(C)C)N(C)C(=O)[C@H](CC(C)C)N(C)C(=O)[C@H](CC(C)C)N(C)C(=O)[C@@H](C)NC(=O)[C@H](C)NC(=O)[C@H](CC(C)C)N(C)C(=O)[C@H](C(C)C)NC(=O)[C@H](CC(C)C)N(C)C(=O)CN(C)C1=O. The van der Waals surface area contributed by atoms with Gasteiger partial charge in [0.2, 0.25) is 65.0 Å². The van der Waals surface area contributed by atoms with Crippen LogP contribution in [0.15, 0.2) is 0 Å². The third kappa shape index (κ3) is 19.6. The zero-order chi connectivity index (χ0) is 64.8. The quantitative estimate of drug-likeness (QED) is 0.187. The van der Waals surface area contributed by atoms with Crippen LogP contribution >= 0.6 is 0 Å². The third-order valence-electron chi connectivity index (χ3n) is 16.2. The van der Waals surface area contributed by atoms with Gasteiger partial charge in [-0.3, -0.25) is 52.7 Å².